The predicted octanol–water partition coefficient (Wildman–Crippen LogP) is 5.21. The van der Waals surface area contributed by atoms with Crippen LogP contribution in [0.3, 0.4) is 0 Å². The molecule has 1 atom stereocenters. The standard InChI is InChI=1S/C23H17FN2OS/c24-19-4-1-16(2-5-19)23-20(15-7-10-25-11-8-15)14-21(26-23)17-3-6-22-18(13-17)9-12-28(22)27/h1-8,10-11,13-14,26H,9,12H2. The highest BCUT2D eigenvalue weighted by molar-refractivity contribution is 7.91. The molecule has 1 aliphatic heterocycles. The summed E-state index contributed by atoms with van der Waals surface area (Å²) >= 11 is -0.876. The molecule has 5 heteroatoms. The molecule has 3 heterocycles. The van der Waals surface area contributed by atoms with E-state index in [0.29, 0.717) is 5.75 Å². The maximum Gasteiger partial charge on any atom is 0.156 e. The fourth-order valence-corrected chi connectivity index (χ4v) is 4.99. The van der Waals surface area contributed by atoms with Crippen LogP contribution in [0.4, 0.5) is 4.39 Å². The van der Waals surface area contributed by atoms with Gasteiger partial charge < -0.3 is 9.54 Å². The summed E-state index contributed by atoms with van der Waals surface area (Å²) in [5.41, 5.74) is 7.12. The van der Waals surface area contributed by atoms with Crippen LogP contribution in [-0.4, -0.2) is 20.3 Å². The van der Waals surface area contributed by atoms with Crippen molar-refractivity contribution in [3.8, 4) is 33.6 Å². The molecule has 1 N–H and O–H groups in total. The van der Waals surface area contributed by atoms with E-state index >= 15 is 0 Å². The van der Waals surface area contributed by atoms with Crippen LogP contribution in [0.15, 0.2) is 78.0 Å². The number of pyridine rings is 1. The Balaban J connectivity index is 1.65. The van der Waals surface area contributed by atoms with Gasteiger partial charge in [-0.3, -0.25) is 4.98 Å². The Hall–Kier alpha value is -2.89. The summed E-state index contributed by atoms with van der Waals surface area (Å²) in [5, 5.41) is 0. The van der Waals surface area contributed by atoms with Crippen molar-refractivity contribution in [3.63, 3.8) is 0 Å². The molecule has 1 unspecified atom stereocenters. The molecule has 3 nitrogen and oxygen atoms in total. The second-order valence-corrected chi connectivity index (χ2v) is 8.38. The average molecular weight is 388 g/mol. The highest BCUT2D eigenvalue weighted by Gasteiger charge is 2.25. The molecule has 2 aromatic heterocycles. The summed E-state index contributed by atoms with van der Waals surface area (Å²) in [4.78, 5) is 8.57. The van der Waals surface area contributed by atoms with E-state index in [1.165, 1.54) is 12.1 Å². The van der Waals surface area contributed by atoms with E-state index in [1.807, 2.05) is 24.3 Å². The van der Waals surface area contributed by atoms with E-state index in [9.17, 15) is 8.94 Å². The molecular formula is C23H17FN2OS. The quantitative estimate of drug-likeness (QED) is 0.490. The van der Waals surface area contributed by atoms with Gasteiger partial charge in [-0.25, -0.2) is 4.39 Å². The SMILES string of the molecule is [O-][S+]1CCc2cc(-c3cc(-c4ccncc4)c(-c4ccc(F)cc4)[nH]3)ccc21. The van der Waals surface area contributed by atoms with Gasteiger partial charge in [0.2, 0.25) is 0 Å². The van der Waals surface area contributed by atoms with Crippen molar-refractivity contribution >= 4 is 11.2 Å². The molecule has 0 saturated heterocycles. The number of benzene rings is 2. The zero-order chi connectivity index (χ0) is 19.1. The number of halogens is 1. The van der Waals surface area contributed by atoms with Gasteiger partial charge in [0.1, 0.15) is 11.6 Å². The van der Waals surface area contributed by atoms with Gasteiger partial charge in [-0.05, 0) is 88.5 Å². The van der Waals surface area contributed by atoms with Gasteiger partial charge in [0.15, 0.2) is 4.90 Å². The van der Waals surface area contributed by atoms with Gasteiger partial charge in [-0.15, -0.1) is 0 Å². The van der Waals surface area contributed by atoms with Crippen LogP contribution in [-0.2, 0) is 17.6 Å². The first-order chi connectivity index (χ1) is 13.7. The molecule has 0 aliphatic carbocycles. The number of aromatic nitrogens is 2. The Morgan fingerprint density at radius 3 is 2.43 bits per heavy atom. The normalized spacial score (nSPS) is 15.6. The lowest BCUT2D eigenvalue weighted by Gasteiger charge is -2.05. The number of fused-ring (bicyclic) bond motifs is 1. The molecule has 0 saturated carbocycles. The highest BCUT2D eigenvalue weighted by atomic mass is 32.2. The molecule has 28 heavy (non-hydrogen) atoms. The zero-order valence-electron chi connectivity index (χ0n) is 15.0. The number of aromatic amines is 1. The second kappa shape index (κ2) is 6.93. The molecule has 1 aliphatic rings. The molecule has 4 aromatic rings. The summed E-state index contributed by atoms with van der Waals surface area (Å²) in [5.74, 6) is 0.444. The molecule has 0 fully saturated rings. The van der Waals surface area contributed by atoms with Crippen LogP contribution in [0.2, 0.25) is 0 Å². The third kappa shape index (κ3) is 3.03. The number of aryl methyl sites for hydroxylation is 1. The number of rotatable bonds is 3. The molecule has 0 bridgehead atoms. The summed E-state index contributed by atoms with van der Waals surface area (Å²) in [7, 11) is 0. The lowest BCUT2D eigenvalue weighted by molar-refractivity contribution is 0.599. The Bertz CT molecular complexity index is 1140. The van der Waals surface area contributed by atoms with Gasteiger partial charge in [-0.1, -0.05) is 0 Å². The van der Waals surface area contributed by atoms with Gasteiger partial charge in [0.05, 0.1) is 5.69 Å². The van der Waals surface area contributed by atoms with Gasteiger partial charge in [0, 0.05) is 35.6 Å². The summed E-state index contributed by atoms with van der Waals surface area (Å²) in [6.07, 6.45) is 4.38. The second-order valence-electron chi connectivity index (χ2n) is 6.84. The smallest absolute Gasteiger partial charge is 0.156 e. The minimum absolute atomic E-state index is 0.257. The van der Waals surface area contributed by atoms with Crippen molar-refractivity contribution in [2.75, 3.05) is 5.75 Å². The Morgan fingerprint density at radius 2 is 1.64 bits per heavy atom. The highest BCUT2D eigenvalue weighted by Crippen LogP contribution is 2.37. The average Bonchev–Trinajstić information content (AvgIpc) is 3.33. The third-order valence-corrected chi connectivity index (χ3v) is 6.58. The molecular weight excluding hydrogens is 371 g/mol. The van der Waals surface area contributed by atoms with E-state index in [0.717, 1.165) is 50.5 Å². The van der Waals surface area contributed by atoms with E-state index in [4.69, 9.17) is 0 Å². The summed E-state index contributed by atoms with van der Waals surface area (Å²) in [6.45, 7) is 0. The van der Waals surface area contributed by atoms with Gasteiger partial charge in [0.25, 0.3) is 0 Å². The maximum absolute atomic E-state index is 13.4. The molecule has 2 aromatic carbocycles. The Morgan fingerprint density at radius 1 is 0.893 bits per heavy atom. The van der Waals surface area contributed by atoms with E-state index in [2.05, 4.69) is 22.1 Å². The number of H-pyrrole nitrogens is 1. The lowest BCUT2D eigenvalue weighted by Crippen LogP contribution is -1.98. The Labute approximate surface area is 165 Å². The van der Waals surface area contributed by atoms with Crippen LogP contribution in [0, 0.1) is 5.82 Å². The number of nitrogens with zero attached hydrogens (tertiary/aromatic N) is 1. The van der Waals surface area contributed by atoms with Gasteiger partial charge in [-0.2, -0.15) is 0 Å². The van der Waals surface area contributed by atoms with E-state index in [1.54, 1.807) is 24.5 Å². The van der Waals surface area contributed by atoms with Crippen molar-refractivity contribution in [3.05, 3.63) is 84.4 Å². The fourth-order valence-electron chi connectivity index (χ4n) is 3.69. The fraction of sp³-hybridized carbons (Fsp3) is 0.0870. The lowest BCUT2D eigenvalue weighted by atomic mass is 10.0. The molecule has 0 amide bonds. The molecule has 0 spiro atoms. The molecule has 0 radical (unpaired) electrons. The minimum Gasteiger partial charge on any atom is -0.611 e. The number of hydrogen-bond donors (Lipinski definition) is 1. The van der Waals surface area contributed by atoms with Crippen LogP contribution in [0.1, 0.15) is 5.56 Å². The largest absolute Gasteiger partial charge is 0.611 e. The summed E-state index contributed by atoms with van der Waals surface area (Å²) in [6, 6.07) is 18.6. The zero-order valence-corrected chi connectivity index (χ0v) is 15.8. The first-order valence-corrected chi connectivity index (χ1v) is 10.4. The van der Waals surface area contributed by atoms with Crippen LogP contribution in [0.5, 0.6) is 0 Å². The van der Waals surface area contributed by atoms with Crippen molar-refractivity contribution in [2.24, 2.45) is 0 Å². The number of nitrogens with one attached hydrogen (secondary N) is 1. The van der Waals surface area contributed by atoms with E-state index < -0.39 is 11.2 Å². The molecule has 138 valence electrons. The van der Waals surface area contributed by atoms with Crippen LogP contribution in [0.25, 0.3) is 33.6 Å². The Kier molecular flexibility index (Phi) is 4.26. The molecule has 5 rings (SSSR count). The third-order valence-electron chi connectivity index (χ3n) is 5.12. The first kappa shape index (κ1) is 17.2. The monoisotopic (exact) mass is 388 g/mol. The topological polar surface area (TPSA) is 51.7 Å². The minimum atomic E-state index is -0.876. The van der Waals surface area contributed by atoms with Crippen molar-refractivity contribution < 1.29 is 8.94 Å². The first-order valence-electron chi connectivity index (χ1n) is 9.10. The number of hydrogen-bond acceptors (Lipinski definition) is 2. The van der Waals surface area contributed by atoms with Crippen molar-refractivity contribution in [1.29, 1.82) is 0 Å². The van der Waals surface area contributed by atoms with Crippen LogP contribution < -0.4 is 0 Å². The van der Waals surface area contributed by atoms with Crippen molar-refractivity contribution in [2.45, 2.75) is 11.3 Å². The van der Waals surface area contributed by atoms with Crippen molar-refractivity contribution in [1.82, 2.24) is 9.97 Å². The summed E-state index contributed by atoms with van der Waals surface area (Å²) < 4.78 is 25.4. The van der Waals surface area contributed by atoms with Gasteiger partial charge >= 0.3 is 0 Å². The predicted molar refractivity (Wildman–Crippen MR) is 110 cm³/mol. The maximum atomic E-state index is 13.4. The van der Waals surface area contributed by atoms with Crippen LogP contribution >= 0.6 is 0 Å². The van der Waals surface area contributed by atoms with E-state index in [-0.39, 0.29) is 5.82 Å².